The van der Waals surface area contributed by atoms with Gasteiger partial charge in [0.15, 0.2) is 0 Å². The van der Waals surface area contributed by atoms with E-state index in [2.05, 4.69) is 4.90 Å². The van der Waals surface area contributed by atoms with Crippen molar-refractivity contribution in [3.8, 4) is 5.75 Å². The number of ether oxygens (including phenoxy) is 2. The number of methoxy groups -OCH3 is 1. The maximum atomic E-state index is 13.1. The lowest BCUT2D eigenvalue weighted by Gasteiger charge is -2.37. The summed E-state index contributed by atoms with van der Waals surface area (Å²) in [6, 6.07) is 10.1. The van der Waals surface area contributed by atoms with Crippen LogP contribution in [-0.2, 0) is 4.74 Å². The molecule has 0 unspecified atom stereocenters. The van der Waals surface area contributed by atoms with Crippen molar-refractivity contribution in [1.82, 2.24) is 9.80 Å². The van der Waals surface area contributed by atoms with Gasteiger partial charge in [-0.05, 0) is 61.9 Å². The van der Waals surface area contributed by atoms with Gasteiger partial charge in [0.2, 0.25) is 0 Å². The number of halogens is 3. The molecule has 2 aromatic rings. The largest absolute Gasteiger partial charge is 0.490 e. The van der Waals surface area contributed by atoms with Crippen molar-refractivity contribution in [2.24, 2.45) is 5.92 Å². The van der Waals surface area contributed by atoms with E-state index < -0.39 is 5.97 Å². The second-order valence-corrected chi connectivity index (χ2v) is 10.4. The van der Waals surface area contributed by atoms with Crippen LogP contribution >= 0.6 is 34.8 Å². The van der Waals surface area contributed by atoms with Gasteiger partial charge in [-0.3, -0.25) is 4.79 Å². The summed E-state index contributed by atoms with van der Waals surface area (Å²) in [4.78, 5) is 29.5. The zero-order valence-electron chi connectivity index (χ0n) is 19.6. The molecule has 1 amide bonds. The Morgan fingerprint density at radius 1 is 0.886 bits per heavy atom. The van der Waals surface area contributed by atoms with Crippen molar-refractivity contribution in [3.05, 3.63) is 62.6 Å². The Hall–Kier alpha value is -1.99. The van der Waals surface area contributed by atoms with Crippen molar-refractivity contribution in [3.63, 3.8) is 0 Å². The number of nitrogens with zero attached hydrogens (tertiary/aromatic N) is 2. The number of esters is 1. The first-order valence-corrected chi connectivity index (χ1v) is 13.0. The predicted molar refractivity (Wildman–Crippen MR) is 138 cm³/mol. The molecule has 4 rings (SSSR count). The highest BCUT2D eigenvalue weighted by Gasteiger charge is 2.29. The van der Waals surface area contributed by atoms with Crippen molar-refractivity contribution in [1.29, 1.82) is 0 Å². The van der Waals surface area contributed by atoms with E-state index in [1.807, 2.05) is 11.0 Å². The summed E-state index contributed by atoms with van der Waals surface area (Å²) in [6.45, 7) is 4.30. The van der Waals surface area contributed by atoms with Crippen LogP contribution in [-0.4, -0.2) is 67.6 Å². The molecule has 0 bridgehead atoms. The molecule has 0 N–H and O–H groups in total. The Labute approximate surface area is 221 Å². The summed E-state index contributed by atoms with van der Waals surface area (Å²) in [5.41, 5.74) is 0.543. The quantitative estimate of drug-likeness (QED) is 0.432. The molecule has 0 saturated carbocycles. The number of amides is 1. The number of hydrogen-bond acceptors (Lipinski definition) is 5. The zero-order valence-corrected chi connectivity index (χ0v) is 21.9. The molecule has 2 saturated heterocycles. The van der Waals surface area contributed by atoms with Crippen LogP contribution in [0.3, 0.4) is 0 Å². The Morgan fingerprint density at radius 3 is 2.26 bits per heavy atom. The van der Waals surface area contributed by atoms with E-state index in [0.717, 1.165) is 51.1 Å². The van der Waals surface area contributed by atoms with Gasteiger partial charge in [0.1, 0.15) is 11.9 Å². The number of benzene rings is 2. The number of carbonyl (C=O) groups excluding carboxylic acids is 2. The Balaban J connectivity index is 1.24. The lowest BCUT2D eigenvalue weighted by Crippen LogP contribution is -2.44. The lowest BCUT2D eigenvalue weighted by atomic mass is 9.94. The van der Waals surface area contributed by atoms with E-state index in [0.29, 0.717) is 39.6 Å². The zero-order chi connectivity index (χ0) is 24.9. The normalized spacial score (nSPS) is 17.9. The minimum atomic E-state index is -0.536. The molecule has 2 aliphatic rings. The summed E-state index contributed by atoms with van der Waals surface area (Å²) >= 11 is 18.2. The molecular formula is C26H29Cl3N2O4. The second kappa shape index (κ2) is 11.8. The van der Waals surface area contributed by atoms with Crippen LogP contribution in [0.2, 0.25) is 15.1 Å². The molecule has 0 atom stereocenters. The summed E-state index contributed by atoms with van der Waals surface area (Å²) in [5, 5.41) is 1.45. The molecule has 0 aromatic heterocycles. The third kappa shape index (κ3) is 6.62. The summed E-state index contributed by atoms with van der Waals surface area (Å²) in [5.74, 6) is 0.578. The number of carbonyl (C=O) groups is 2. The molecule has 188 valence electrons. The average Bonchev–Trinajstić information content (AvgIpc) is 2.87. The Morgan fingerprint density at radius 2 is 1.60 bits per heavy atom. The third-order valence-electron chi connectivity index (χ3n) is 6.76. The van der Waals surface area contributed by atoms with E-state index in [1.54, 1.807) is 30.3 Å². The van der Waals surface area contributed by atoms with Gasteiger partial charge in [-0.1, -0.05) is 34.8 Å². The van der Waals surface area contributed by atoms with Gasteiger partial charge < -0.3 is 19.3 Å². The number of rotatable bonds is 6. The molecule has 35 heavy (non-hydrogen) atoms. The first-order valence-electron chi connectivity index (χ1n) is 11.8. The highest BCUT2D eigenvalue weighted by molar-refractivity contribution is 6.42. The van der Waals surface area contributed by atoms with Crippen molar-refractivity contribution >= 4 is 46.7 Å². The highest BCUT2D eigenvalue weighted by Crippen LogP contribution is 2.29. The second-order valence-electron chi connectivity index (χ2n) is 9.11. The minimum Gasteiger partial charge on any atom is -0.490 e. The van der Waals surface area contributed by atoms with Gasteiger partial charge in [-0.25, -0.2) is 4.79 Å². The summed E-state index contributed by atoms with van der Waals surface area (Å²) in [6.07, 6.45) is 3.95. The molecule has 6 nitrogen and oxygen atoms in total. The fraction of sp³-hybridized carbons (Fsp3) is 0.462. The van der Waals surface area contributed by atoms with Gasteiger partial charge in [-0.15, -0.1) is 0 Å². The number of hydrogen-bond donors (Lipinski definition) is 0. The Bertz CT molecular complexity index is 1060. The van der Waals surface area contributed by atoms with Crippen LogP contribution in [0.5, 0.6) is 5.75 Å². The van der Waals surface area contributed by atoms with Crippen LogP contribution in [0.15, 0.2) is 36.4 Å². The van der Waals surface area contributed by atoms with Crippen LogP contribution in [0.4, 0.5) is 0 Å². The molecule has 2 aliphatic heterocycles. The van der Waals surface area contributed by atoms with Crippen LogP contribution < -0.4 is 4.74 Å². The molecule has 0 spiro atoms. The molecule has 2 heterocycles. The summed E-state index contributed by atoms with van der Waals surface area (Å²) < 4.78 is 10.9. The van der Waals surface area contributed by atoms with Crippen LogP contribution in [0.25, 0.3) is 0 Å². The molecule has 2 fully saturated rings. The molecule has 9 heteroatoms. The molecule has 0 radical (unpaired) electrons. The highest BCUT2D eigenvalue weighted by atomic mass is 35.5. The SMILES string of the molecule is COC(=O)c1ccc(Cl)cc1C(=O)N1CCC(CN2CCC(Oc3ccc(Cl)c(Cl)c3)CC2)CC1. The van der Waals surface area contributed by atoms with E-state index in [1.165, 1.54) is 7.11 Å². The van der Waals surface area contributed by atoms with E-state index in [9.17, 15) is 9.59 Å². The first-order chi connectivity index (χ1) is 16.8. The third-order valence-corrected chi connectivity index (χ3v) is 7.74. The van der Waals surface area contributed by atoms with Gasteiger partial charge in [-0.2, -0.15) is 0 Å². The smallest absolute Gasteiger partial charge is 0.338 e. The van der Waals surface area contributed by atoms with Gasteiger partial charge in [0.25, 0.3) is 5.91 Å². The summed E-state index contributed by atoms with van der Waals surface area (Å²) in [7, 11) is 1.30. The minimum absolute atomic E-state index is 0.171. The van der Waals surface area contributed by atoms with Crippen molar-refractivity contribution in [2.75, 3.05) is 39.8 Å². The lowest BCUT2D eigenvalue weighted by molar-refractivity contribution is 0.0567. The fourth-order valence-corrected chi connectivity index (χ4v) is 5.25. The maximum Gasteiger partial charge on any atom is 0.338 e. The van der Waals surface area contributed by atoms with Crippen molar-refractivity contribution in [2.45, 2.75) is 31.8 Å². The molecular weight excluding hydrogens is 511 g/mol. The standard InChI is InChI=1S/C26H29Cl3N2O4/c1-34-26(33)21-4-2-18(27)14-22(21)25(32)31-12-6-17(7-13-31)16-30-10-8-19(9-11-30)35-20-3-5-23(28)24(29)15-20/h2-5,14-15,17,19H,6-13,16H2,1H3. The average molecular weight is 540 g/mol. The molecule has 2 aromatic carbocycles. The molecule has 0 aliphatic carbocycles. The van der Waals surface area contributed by atoms with Gasteiger partial charge >= 0.3 is 5.97 Å². The number of piperidine rings is 2. The fourth-order valence-electron chi connectivity index (χ4n) is 4.79. The van der Waals surface area contributed by atoms with Gasteiger partial charge in [0.05, 0.1) is 28.3 Å². The van der Waals surface area contributed by atoms with Crippen LogP contribution in [0, 0.1) is 5.92 Å². The monoisotopic (exact) mass is 538 g/mol. The topological polar surface area (TPSA) is 59.1 Å². The van der Waals surface area contributed by atoms with Gasteiger partial charge in [0, 0.05) is 43.8 Å². The van der Waals surface area contributed by atoms with Crippen molar-refractivity contribution < 1.29 is 19.1 Å². The van der Waals surface area contributed by atoms with E-state index in [-0.39, 0.29) is 17.6 Å². The predicted octanol–water partition coefficient (Wildman–Crippen LogP) is 5.83. The number of likely N-dealkylation sites (tertiary alicyclic amines) is 2. The maximum absolute atomic E-state index is 13.1. The first kappa shape index (κ1) is 26.1. The van der Waals surface area contributed by atoms with Crippen LogP contribution in [0.1, 0.15) is 46.4 Å². The van der Waals surface area contributed by atoms with E-state index >= 15 is 0 Å². The Kier molecular flexibility index (Phi) is 8.82. The van der Waals surface area contributed by atoms with E-state index in [4.69, 9.17) is 44.3 Å².